The zero-order chi connectivity index (χ0) is 21.8. The average molecular weight is 455 g/mol. The normalized spacial score (nSPS) is 28.2. The third-order valence-electron chi connectivity index (χ3n) is 3.93. The Hall–Kier alpha value is -1.65. The van der Waals surface area contributed by atoms with Crippen molar-refractivity contribution in [3.05, 3.63) is 23.8 Å². The molecule has 6 N–H and O–H groups in total. The minimum Gasteiger partial charge on any atom is -0.504 e. The number of aliphatic hydroxyl groups excluding tert-OH is 4. The number of hydrogen-bond donors (Lipinski definition) is 6. The second-order valence-corrected chi connectivity index (χ2v) is 8.16. The Bertz CT molecular complexity index is 830. The Morgan fingerprint density at radius 3 is 2.52 bits per heavy atom. The molecule has 0 amide bonds. The standard InChI is InChI=1S/C15H21NO11S2/c1-25-9-4-7(2-3-8(9)18)5-11(16-27-29(22,23)24)28-15-14(21)13(20)12(19)10(6-17)26-15/h2-4,10,12-15,17-21H,5-6H2,1H3,(H,22,23,24). The SMILES string of the molecule is COc1cc(CC(=NOS(=O)(=O)O)SC2OC(CO)C(O)C(O)C2O)ccc1O. The van der Waals surface area contributed by atoms with Crippen LogP contribution >= 0.6 is 11.8 Å². The average Bonchev–Trinajstić information content (AvgIpc) is 2.67. The molecule has 0 radical (unpaired) electrons. The molecule has 0 aromatic heterocycles. The highest BCUT2D eigenvalue weighted by Gasteiger charge is 2.44. The summed E-state index contributed by atoms with van der Waals surface area (Å²) in [6.45, 7) is -0.648. The van der Waals surface area contributed by atoms with E-state index in [0.717, 1.165) is 0 Å². The second-order valence-electron chi connectivity index (χ2n) is 5.99. The number of rotatable bonds is 7. The number of hydrogen-bond acceptors (Lipinski definition) is 12. The molecule has 5 atom stereocenters. The number of nitrogens with zero attached hydrogens (tertiary/aromatic N) is 1. The number of ether oxygens (including phenoxy) is 2. The van der Waals surface area contributed by atoms with Crippen molar-refractivity contribution in [3.63, 3.8) is 0 Å². The monoisotopic (exact) mass is 455 g/mol. The summed E-state index contributed by atoms with van der Waals surface area (Å²) < 4.78 is 44.8. The molecule has 1 aromatic carbocycles. The fraction of sp³-hybridized carbons (Fsp3) is 0.533. The summed E-state index contributed by atoms with van der Waals surface area (Å²) in [6, 6.07) is 4.24. The van der Waals surface area contributed by atoms with E-state index in [4.69, 9.17) is 14.0 Å². The Balaban J connectivity index is 2.26. The first-order valence-corrected chi connectivity index (χ1v) is 10.4. The van der Waals surface area contributed by atoms with Crippen LogP contribution < -0.4 is 4.74 Å². The van der Waals surface area contributed by atoms with Gasteiger partial charge in [-0.15, -0.1) is 0 Å². The predicted molar refractivity (Wildman–Crippen MR) is 99.8 cm³/mol. The van der Waals surface area contributed by atoms with Gasteiger partial charge in [0, 0.05) is 6.42 Å². The quantitative estimate of drug-likeness (QED) is 0.122. The molecule has 0 spiro atoms. The molecule has 0 bridgehead atoms. The van der Waals surface area contributed by atoms with E-state index < -0.39 is 46.9 Å². The van der Waals surface area contributed by atoms with E-state index in [-0.39, 0.29) is 23.0 Å². The van der Waals surface area contributed by atoms with Crippen molar-refractivity contribution >= 4 is 27.2 Å². The maximum Gasteiger partial charge on any atom is 0.466 e. The Kier molecular flexibility index (Phi) is 8.07. The van der Waals surface area contributed by atoms with Crippen LogP contribution in [0.1, 0.15) is 5.56 Å². The lowest BCUT2D eigenvalue weighted by Gasteiger charge is -2.39. The minimum atomic E-state index is -4.92. The molecule has 1 aromatic rings. The molecule has 29 heavy (non-hydrogen) atoms. The predicted octanol–water partition coefficient (Wildman–Crippen LogP) is -1.39. The van der Waals surface area contributed by atoms with Gasteiger partial charge >= 0.3 is 10.4 Å². The number of phenols is 1. The van der Waals surface area contributed by atoms with E-state index >= 15 is 0 Å². The van der Waals surface area contributed by atoms with E-state index in [1.54, 1.807) is 0 Å². The molecule has 5 unspecified atom stereocenters. The molecule has 1 aliphatic rings. The van der Waals surface area contributed by atoms with Crippen LogP contribution in [0.3, 0.4) is 0 Å². The first kappa shape index (κ1) is 23.6. The number of aliphatic hydroxyl groups is 4. The number of methoxy groups -OCH3 is 1. The summed E-state index contributed by atoms with van der Waals surface area (Å²) >= 11 is 0.644. The highest BCUT2D eigenvalue weighted by Crippen LogP contribution is 2.32. The van der Waals surface area contributed by atoms with Crippen molar-refractivity contribution < 1.29 is 52.3 Å². The van der Waals surface area contributed by atoms with Gasteiger partial charge in [-0.3, -0.25) is 4.55 Å². The smallest absolute Gasteiger partial charge is 0.466 e. The van der Waals surface area contributed by atoms with E-state index in [9.17, 15) is 34.0 Å². The Morgan fingerprint density at radius 2 is 1.93 bits per heavy atom. The molecule has 1 aliphatic heterocycles. The number of oxime groups is 1. The van der Waals surface area contributed by atoms with E-state index in [2.05, 4.69) is 9.44 Å². The van der Waals surface area contributed by atoms with Crippen LogP contribution in [0, 0.1) is 0 Å². The summed E-state index contributed by atoms with van der Waals surface area (Å²) in [7, 11) is -3.59. The van der Waals surface area contributed by atoms with Gasteiger partial charge in [0.2, 0.25) is 0 Å². The maximum atomic E-state index is 10.9. The van der Waals surface area contributed by atoms with Crippen LogP contribution in [0.2, 0.25) is 0 Å². The van der Waals surface area contributed by atoms with Crippen molar-refractivity contribution in [2.75, 3.05) is 13.7 Å². The summed E-state index contributed by atoms with van der Waals surface area (Å²) in [5.74, 6) is 0.000833. The van der Waals surface area contributed by atoms with Gasteiger partial charge in [0.15, 0.2) is 11.5 Å². The van der Waals surface area contributed by atoms with Crippen molar-refractivity contribution in [1.29, 1.82) is 0 Å². The van der Waals surface area contributed by atoms with Gasteiger partial charge < -0.3 is 35.0 Å². The van der Waals surface area contributed by atoms with Crippen LogP contribution in [0.15, 0.2) is 23.4 Å². The lowest BCUT2D eigenvalue weighted by Crippen LogP contribution is -2.57. The van der Waals surface area contributed by atoms with Crippen molar-refractivity contribution in [3.8, 4) is 11.5 Å². The Labute approximate surface area is 170 Å². The topological polar surface area (TPSA) is 196 Å². The Morgan fingerprint density at radius 1 is 1.24 bits per heavy atom. The zero-order valence-corrected chi connectivity index (χ0v) is 16.7. The largest absolute Gasteiger partial charge is 0.504 e. The van der Waals surface area contributed by atoms with E-state index in [1.165, 1.54) is 25.3 Å². The fourth-order valence-electron chi connectivity index (χ4n) is 2.49. The zero-order valence-electron chi connectivity index (χ0n) is 15.0. The van der Waals surface area contributed by atoms with Crippen LogP contribution in [0.25, 0.3) is 0 Å². The third kappa shape index (κ3) is 6.42. The van der Waals surface area contributed by atoms with Crippen LogP contribution in [0.4, 0.5) is 0 Å². The van der Waals surface area contributed by atoms with Gasteiger partial charge in [-0.25, -0.2) is 4.28 Å². The molecule has 14 heteroatoms. The van der Waals surface area contributed by atoms with E-state index in [0.29, 0.717) is 17.3 Å². The summed E-state index contributed by atoms with van der Waals surface area (Å²) in [5, 5.41) is 52.0. The molecular weight excluding hydrogens is 434 g/mol. The minimum absolute atomic E-state index is 0.105. The summed E-state index contributed by atoms with van der Waals surface area (Å²) in [4.78, 5) is 0. The molecule has 0 aliphatic carbocycles. The number of thioether (sulfide) groups is 1. The molecule has 1 heterocycles. The van der Waals surface area contributed by atoms with Crippen molar-refractivity contribution in [2.24, 2.45) is 5.16 Å². The first-order valence-electron chi connectivity index (χ1n) is 8.11. The highest BCUT2D eigenvalue weighted by atomic mass is 32.3. The van der Waals surface area contributed by atoms with Crippen molar-refractivity contribution in [1.82, 2.24) is 0 Å². The lowest BCUT2D eigenvalue weighted by atomic mass is 10.0. The van der Waals surface area contributed by atoms with Gasteiger partial charge in [0.25, 0.3) is 0 Å². The van der Waals surface area contributed by atoms with Gasteiger partial charge in [-0.1, -0.05) is 23.0 Å². The highest BCUT2D eigenvalue weighted by molar-refractivity contribution is 8.14. The second kappa shape index (κ2) is 9.90. The number of phenolic OH excluding ortho intramolecular Hbond substituents is 1. The van der Waals surface area contributed by atoms with Crippen molar-refractivity contribution in [2.45, 2.75) is 36.3 Å². The van der Waals surface area contributed by atoms with E-state index in [1.807, 2.05) is 0 Å². The van der Waals surface area contributed by atoms with Crippen LogP contribution in [-0.2, 0) is 25.8 Å². The molecule has 0 saturated carbocycles. The fourth-order valence-corrected chi connectivity index (χ4v) is 3.82. The van der Waals surface area contributed by atoms with Gasteiger partial charge in [0.05, 0.1) is 13.7 Å². The molecule has 12 nitrogen and oxygen atoms in total. The van der Waals surface area contributed by atoms with Gasteiger partial charge in [-0.2, -0.15) is 8.42 Å². The number of aromatic hydroxyl groups is 1. The molecule has 1 saturated heterocycles. The third-order valence-corrected chi connectivity index (χ3v) is 5.31. The van der Waals surface area contributed by atoms with Gasteiger partial charge in [0.1, 0.15) is 34.9 Å². The molecule has 2 rings (SSSR count). The van der Waals surface area contributed by atoms with Crippen LogP contribution in [-0.4, -0.2) is 87.1 Å². The summed E-state index contributed by atoms with van der Waals surface area (Å²) in [6.07, 6.45) is -6.10. The first-order chi connectivity index (χ1) is 13.6. The molecule has 164 valence electrons. The summed E-state index contributed by atoms with van der Waals surface area (Å²) in [5.41, 5.74) is -0.775. The molecule has 1 fully saturated rings. The molecular formula is C15H21NO11S2. The van der Waals surface area contributed by atoms with Gasteiger partial charge in [-0.05, 0) is 17.7 Å². The maximum absolute atomic E-state index is 10.9. The lowest BCUT2D eigenvalue weighted by molar-refractivity contribution is -0.205. The van der Waals surface area contributed by atoms with Crippen LogP contribution in [0.5, 0.6) is 11.5 Å². The number of benzene rings is 1.